The highest BCUT2D eigenvalue weighted by molar-refractivity contribution is 6.20. The summed E-state index contributed by atoms with van der Waals surface area (Å²) >= 11 is 5.77. The highest BCUT2D eigenvalue weighted by Crippen LogP contribution is 2.18. The molecule has 5 heteroatoms. The normalized spacial score (nSPS) is 14.5. The largest absolute Gasteiger partial charge is 0.390 e. The molecule has 0 radical (unpaired) electrons. The van der Waals surface area contributed by atoms with Crippen LogP contribution in [-0.2, 0) is 0 Å². The van der Waals surface area contributed by atoms with Crippen molar-refractivity contribution >= 4 is 11.6 Å². The molecule has 0 rings (SSSR count). The molecule has 0 amide bonds. The summed E-state index contributed by atoms with van der Waals surface area (Å²) in [6.07, 6.45) is -3.26. The highest BCUT2D eigenvalue weighted by atomic mass is 35.5. The van der Waals surface area contributed by atoms with Gasteiger partial charge in [-0.1, -0.05) is 6.92 Å². The van der Waals surface area contributed by atoms with Gasteiger partial charge in [-0.05, 0) is 19.4 Å². The van der Waals surface area contributed by atoms with Crippen LogP contribution < -0.4 is 5.32 Å². The number of hydrogen-bond acceptors (Lipinski definition) is 1. The van der Waals surface area contributed by atoms with Crippen LogP contribution in [0.5, 0.6) is 0 Å². The lowest BCUT2D eigenvalue weighted by Gasteiger charge is -2.09. The van der Waals surface area contributed by atoms with Crippen molar-refractivity contribution < 1.29 is 13.2 Å². The molecule has 0 aliphatic heterocycles. The molecule has 13 heavy (non-hydrogen) atoms. The summed E-state index contributed by atoms with van der Waals surface area (Å²) in [4.78, 5) is 0. The van der Waals surface area contributed by atoms with E-state index in [0.29, 0.717) is 6.54 Å². The van der Waals surface area contributed by atoms with Gasteiger partial charge in [-0.2, -0.15) is 13.2 Å². The van der Waals surface area contributed by atoms with E-state index in [-0.39, 0.29) is 11.9 Å². The summed E-state index contributed by atoms with van der Waals surface area (Å²) in [6.45, 7) is 2.49. The van der Waals surface area contributed by atoms with Crippen molar-refractivity contribution in [3.05, 3.63) is 0 Å². The van der Waals surface area contributed by atoms with Gasteiger partial charge in [0.05, 0.1) is 6.42 Å². The van der Waals surface area contributed by atoms with Gasteiger partial charge in [0.15, 0.2) is 0 Å². The van der Waals surface area contributed by atoms with Gasteiger partial charge in [0.1, 0.15) is 0 Å². The summed E-state index contributed by atoms with van der Waals surface area (Å²) in [5.41, 5.74) is 0. The van der Waals surface area contributed by atoms with Crippen LogP contribution in [0.3, 0.4) is 0 Å². The van der Waals surface area contributed by atoms with E-state index in [1.807, 2.05) is 6.92 Å². The van der Waals surface area contributed by atoms with Gasteiger partial charge in [0.2, 0.25) is 0 Å². The van der Waals surface area contributed by atoms with Crippen LogP contribution in [0.25, 0.3) is 0 Å². The van der Waals surface area contributed by atoms with Crippen molar-refractivity contribution in [3.8, 4) is 0 Å². The van der Waals surface area contributed by atoms with Crippen molar-refractivity contribution in [2.45, 2.75) is 37.7 Å². The topological polar surface area (TPSA) is 12.0 Å². The zero-order chi connectivity index (χ0) is 10.3. The second kappa shape index (κ2) is 6.49. The quantitative estimate of drug-likeness (QED) is 0.533. The minimum atomic E-state index is -4.06. The molecule has 0 saturated carbocycles. The number of halogens is 4. The van der Waals surface area contributed by atoms with E-state index in [1.54, 1.807) is 0 Å². The minimum Gasteiger partial charge on any atom is -0.316 e. The number of hydrogen-bond donors (Lipinski definition) is 1. The zero-order valence-electron chi connectivity index (χ0n) is 7.62. The molecule has 1 unspecified atom stereocenters. The highest BCUT2D eigenvalue weighted by Gasteiger charge is 2.25. The molecule has 0 aliphatic rings. The van der Waals surface area contributed by atoms with Gasteiger partial charge in [-0.3, -0.25) is 0 Å². The van der Waals surface area contributed by atoms with Crippen LogP contribution in [0.1, 0.15) is 26.2 Å². The Morgan fingerprint density at radius 2 is 1.92 bits per heavy atom. The van der Waals surface area contributed by atoms with E-state index >= 15 is 0 Å². The van der Waals surface area contributed by atoms with Crippen LogP contribution in [-0.4, -0.2) is 24.6 Å². The first-order valence-corrected chi connectivity index (χ1v) is 4.81. The van der Waals surface area contributed by atoms with Crippen LogP contribution >= 0.6 is 11.6 Å². The fourth-order valence-corrected chi connectivity index (χ4v) is 0.927. The lowest BCUT2D eigenvalue weighted by Crippen LogP contribution is -2.24. The molecule has 0 heterocycles. The second-order valence-electron chi connectivity index (χ2n) is 2.91. The molecule has 0 aromatic carbocycles. The molecule has 0 spiro atoms. The van der Waals surface area contributed by atoms with Gasteiger partial charge in [-0.15, -0.1) is 11.6 Å². The van der Waals surface area contributed by atoms with Crippen molar-refractivity contribution in [1.29, 1.82) is 0 Å². The zero-order valence-corrected chi connectivity index (χ0v) is 8.38. The van der Waals surface area contributed by atoms with Crippen molar-refractivity contribution in [3.63, 3.8) is 0 Å². The van der Waals surface area contributed by atoms with Crippen molar-refractivity contribution in [2.75, 3.05) is 13.1 Å². The molecular formula is C8H15ClF3N. The van der Waals surface area contributed by atoms with Gasteiger partial charge in [0, 0.05) is 11.9 Å². The molecule has 1 atom stereocenters. The Hall–Kier alpha value is 0.0400. The summed E-state index contributed by atoms with van der Waals surface area (Å²) in [5.74, 6) is 0. The maximum absolute atomic E-state index is 11.6. The smallest absolute Gasteiger partial charge is 0.316 e. The van der Waals surface area contributed by atoms with E-state index < -0.39 is 12.6 Å². The van der Waals surface area contributed by atoms with E-state index in [1.165, 1.54) is 0 Å². The molecule has 0 aliphatic carbocycles. The van der Waals surface area contributed by atoms with E-state index in [4.69, 9.17) is 11.6 Å². The Bertz CT molecular complexity index is 127. The Morgan fingerprint density at radius 3 is 2.38 bits per heavy atom. The molecule has 80 valence electrons. The van der Waals surface area contributed by atoms with E-state index in [2.05, 4.69) is 5.32 Å². The third-order valence-electron chi connectivity index (χ3n) is 1.66. The van der Waals surface area contributed by atoms with Crippen molar-refractivity contribution in [1.82, 2.24) is 5.32 Å². The Labute approximate surface area is 81.6 Å². The molecule has 0 fully saturated rings. The number of alkyl halides is 4. The maximum atomic E-state index is 11.6. The van der Waals surface area contributed by atoms with E-state index in [0.717, 1.165) is 12.8 Å². The lowest BCUT2D eigenvalue weighted by molar-refractivity contribution is -0.133. The number of nitrogens with one attached hydrogen (secondary N) is 1. The summed E-state index contributed by atoms with van der Waals surface area (Å²) in [7, 11) is 0. The summed E-state index contributed by atoms with van der Waals surface area (Å²) in [6, 6.07) is 0. The SMILES string of the molecule is CCC(Cl)CCNCCC(F)(F)F. The molecule has 0 aromatic heterocycles. The van der Waals surface area contributed by atoms with Gasteiger partial charge in [-0.25, -0.2) is 0 Å². The van der Waals surface area contributed by atoms with E-state index in [9.17, 15) is 13.2 Å². The molecule has 0 bridgehead atoms. The van der Waals surface area contributed by atoms with Gasteiger partial charge < -0.3 is 5.32 Å². The first-order chi connectivity index (χ1) is 5.95. The van der Waals surface area contributed by atoms with Crippen LogP contribution in [0.15, 0.2) is 0 Å². The average Bonchev–Trinajstić information content (AvgIpc) is 2.01. The van der Waals surface area contributed by atoms with Gasteiger partial charge >= 0.3 is 6.18 Å². The number of rotatable bonds is 6. The van der Waals surface area contributed by atoms with Crippen LogP contribution in [0, 0.1) is 0 Å². The average molecular weight is 218 g/mol. The standard InChI is InChI=1S/C8H15ClF3N/c1-2-7(9)3-5-13-6-4-8(10,11)12/h7,13H,2-6H2,1H3. The maximum Gasteiger partial charge on any atom is 0.390 e. The fraction of sp³-hybridized carbons (Fsp3) is 1.00. The molecule has 1 nitrogen and oxygen atoms in total. The first-order valence-electron chi connectivity index (χ1n) is 4.37. The fourth-order valence-electron chi connectivity index (χ4n) is 0.818. The molecule has 0 aromatic rings. The predicted octanol–water partition coefficient (Wildman–Crippen LogP) is 2.94. The molecule has 1 N–H and O–H groups in total. The summed E-state index contributed by atoms with van der Waals surface area (Å²) in [5, 5.41) is 2.77. The molecule has 0 saturated heterocycles. The van der Waals surface area contributed by atoms with Crippen LogP contribution in [0.2, 0.25) is 0 Å². The first kappa shape index (κ1) is 13.0. The minimum absolute atomic E-state index is 0.0170. The third kappa shape index (κ3) is 9.96. The summed E-state index contributed by atoms with van der Waals surface area (Å²) < 4.78 is 34.9. The van der Waals surface area contributed by atoms with Gasteiger partial charge in [0.25, 0.3) is 0 Å². The monoisotopic (exact) mass is 217 g/mol. The lowest BCUT2D eigenvalue weighted by atomic mass is 10.2. The predicted molar refractivity (Wildman–Crippen MR) is 48.1 cm³/mol. The Kier molecular flexibility index (Phi) is 6.51. The third-order valence-corrected chi connectivity index (χ3v) is 2.19. The molecular weight excluding hydrogens is 203 g/mol. The Balaban J connectivity index is 3.18. The van der Waals surface area contributed by atoms with Crippen molar-refractivity contribution in [2.24, 2.45) is 0 Å². The second-order valence-corrected chi connectivity index (χ2v) is 3.53. The van der Waals surface area contributed by atoms with Crippen LogP contribution in [0.4, 0.5) is 13.2 Å². The Morgan fingerprint density at radius 1 is 1.31 bits per heavy atom.